The van der Waals surface area contributed by atoms with E-state index in [0.29, 0.717) is 31.7 Å². The average Bonchev–Trinajstić information content (AvgIpc) is 3.11. The predicted octanol–water partition coefficient (Wildman–Crippen LogP) is 1.52. The summed E-state index contributed by atoms with van der Waals surface area (Å²) in [5, 5.41) is 2.76. The molecule has 2 aromatic rings. The van der Waals surface area contributed by atoms with Crippen LogP contribution in [0.5, 0.6) is 0 Å². The third kappa shape index (κ3) is 5.19. The quantitative estimate of drug-likeness (QED) is 0.667. The van der Waals surface area contributed by atoms with Crippen LogP contribution in [0.15, 0.2) is 52.0 Å². The SMILES string of the molecule is CNS(=O)(=O)c1ccc(C(=O)NCCCOCc2ccco2)cc1. The lowest BCUT2D eigenvalue weighted by Gasteiger charge is -2.07. The van der Waals surface area contributed by atoms with Crippen molar-refractivity contribution in [3.05, 3.63) is 54.0 Å². The first-order chi connectivity index (χ1) is 11.5. The summed E-state index contributed by atoms with van der Waals surface area (Å²) in [4.78, 5) is 12.1. The van der Waals surface area contributed by atoms with Crippen LogP contribution in [0.25, 0.3) is 0 Å². The number of rotatable bonds is 9. The summed E-state index contributed by atoms with van der Waals surface area (Å²) < 4.78 is 36.0. The maximum absolute atomic E-state index is 12.0. The second kappa shape index (κ2) is 8.62. The Labute approximate surface area is 141 Å². The molecule has 2 N–H and O–H groups in total. The highest BCUT2D eigenvalue weighted by Gasteiger charge is 2.12. The number of amides is 1. The van der Waals surface area contributed by atoms with E-state index in [9.17, 15) is 13.2 Å². The molecular formula is C16H20N2O5S. The van der Waals surface area contributed by atoms with Crippen molar-refractivity contribution >= 4 is 15.9 Å². The van der Waals surface area contributed by atoms with Gasteiger partial charge in [-0.25, -0.2) is 13.1 Å². The lowest BCUT2D eigenvalue weighted by atomic mass is 10.2. The summed E-state index contributed by atoms with van der Waals surface area (Å²) in [7, 11) is -2.16. The van der Waals surface area contributed by atoms with Crippen LogP contribution in [0.1, 0.15) is 22.5 Å². The molecule has 0 aliphatic rings. The highest BCUT2D eigenvalue weighted by molar-refractivity contribution is 7.89. The Kier molecular flexibility index (Phi) is 6.53. The van der Waals surface area contributed by atoms with Crippen molar-refractivity contribution in [1.82, 2.24) is 10.0 Å². The number of hydrogen-bond donors (Lipinski definition) is 2. The van der Waals surface area contributed by atoms with Gasteiger partial charge in [0.15, 0.2) is 0 Å². The van der Waals surface area contributed by atoms with Gasteiger partial charge in [0.25, 0.3) is 5.91 Å². The molecule has 0 aliphatic heterocycles. The zero-order chi connectivity index (χ0) is 17.4. The van der Waals surface area contributed by atoms with E-state index >= 15 is 0 Å². The van der Waals surface area contributed by atoms with Crippen molar-refractivity contribution in [2.75, 3.05) is 20.2 Å². The van der Waals surface area contributed by atoms with Crippen LogP contribution in [0.3, 0.4) is 0 Å². The lowest BCUT2D eigenvalue weighted by molar-refractivity contribution is 0.0917. The maximum atomic E-state index is 12.0. The van der Waals surface area contributed by atoms with E-state index < -0.39 is 10.0 Å². The number of hydrogen-bond acceptors (Lipinski definition) is 5. The number of sulfonamides is 1. The topological polar surface area (TPSA) is 97.6 Å². The van der Waals surface area contributed by atoms with Crippen molar-refractivity contribution < 1.29 is 22.4 Å². The molecule has 130 valence electrons. The van der Waals surface area contributed by atoms with Crippen LogP contribution < -0.4 is 10.0 Å². The van der Waals surface area contributed by atoms with Crippen molar-refractivity contribution in [3.8, 4) is 0 Å². The normalized spacial score (nSPS) is 11.4. The van der Waals surface area contributed by atoms with Gasteiger partial charge in [0.2, 0.25) is 10.0 Å². The first-order valence-corrected chi connectivity index (χ1v) is 8.93. The molecule has 1 aromatic carbocycles. The van der Waals surface area contributed by atoms with Gasteiger partial charge in [0, 0.05) is 18.7 Å². The molecule has 8 heteroatoms. The molecule has 0 saturated carbocycles. The standard InChI is InChI=1S/C16H20N2O5S/c1-17-24(20,21)15-7-5-13(6-8-15)16(19)18-9-3-10-22-12-14-4-2-11-23-14/h2,4-8,11,17H,3,9-10,12H2,1H3,(H,18,19). The molecule has 0 atom stereocenters. The molecule has 0 unspecified atom stereocenters. The number of ether oxygens (including phenoxy) is 1. The van der Waals surface area contributed by atoms with E-state index in [1.165, 1.54) is 31.3 Å². The molecule has 0 aliphatic carbocycles. The molecule has 0 spiro atoms. The first kappa shape index (κ1) is 18.2. The summed E-state index contributed by atoms with van der Waals surface area (Å²) in [5.41, 5.74) is 0.404. The van der Waals surface area contributed by atoms with Gasteiger partial charge >= 0.3 is 0 Å². The van der Waals surface area contributed by atoms with E-state index in [1.54, 1.807) is 12.3 Å². The molecule has 1 aromatic heterocycles. The van der Waals surface area contributed by atoms with Crippen LogP contribution in [0.4, 0.5) is 0 Å². The van der Waals surface area contributed by atoms with Gasteiger partial charge in [0.05, 0.1) is 11.2 Å². The number of carbonyl (C=O) groups excluding carboxylic acids is 1. The molecule has 0 radical (unpaired) electrons. The summed E-state index contributed by atoms with van der Waals surface area (Å²) >= 11 is 0. The van der Waals surface area contributed by atoms with Gasteiger partial charge < -0.3 is 14.5 Å². The number of nitrogens with one attached hydrogen (secondary N) is 2. The van der Waals surface area contributed by atoms with Crippen molar-refractivity contribution in [2.45, 2.75) is 17.9 Å². The van der Waals surface area contributed by atoms with Crippen LogP contribution in [0, 0.1) is 0 Å². The fourth-order valence-corrected chi connectivity index (χ4v) is 2.68. The molecule has 2 rings (SSSR count). The van der Waals surface area contributed by atoms with Gasteiger partial charge in [0.1, 0.15) is 12.4 Å². The molecule has 1 heterocycles. The Morgan fingerprint density at radius 3 is 2.58 bits per heavy atom. The summed E-state index contributed by atoms with van der Waals surface area (Å²) in [6, 6.07) is 9.38. The van der Waals surface area contributed by atoms with Crippen LogP contribution in [-0.2, 0) is 21.4 Å². The fourth-order valence-electron chi connectivity index (χ4n) is 1.95. The summed E-state index contributed by atoms with van der Waals surface area (Å²) in [6.07, 6.45) is 2.25. The third-order valence-corrected chi connectivity index (χ3v) is 4.70. The van der Waals surface area contributed by atoms with Crippen LogP contribution >= 0.6 is 0 Å². The van der Waals surface area contributed by atoms with Crippen molar-refractivity contribution in [3.63, 3.8) is 0 Å². The molecule has 0 bridgehead atoms. The largest absolute Gasteiger partial charge is 0.467 e. The maximum Gasteiger partial charge on any atom is 0.251 e. The number of furan rings is 1. The highest BCUT2D eigenvalue weighted by atomic mass is 32.2. The number of benzene rings is 1. The fraction of sp³-hybridized carbons (Fsp3) is 0.312. The second-order valence-corrected chi connectivity index (χ2v) is 6.86. The molecule has 7 nitrogen and oxygen atoms in total. The molecule has 24 heavy (non-hydrogen) atoms. The van der Waals surface area contributed by atoms with Gasteiger partial charge in [-0.15, -0.1) is 0 Å². The Morgan fingerprint density at radius 2 is 1.96 bits per heavy atom. The molecule has 1 amide bonds. The first-order valence-electron chi connectivity index (χ1n) is 7.45. The second-order valence-electron chi connectivity index (χ2n) is 4.97. The Balaban J connectivity index is 1.70. The van der Waals surface area contributed by atoms with Crippen LogP contribution in [0.2, 0.25) is 0 Å². The van der Waals surface area contributed by atoms with E-state index in [2.05, 4.69) is 10.0 Å². The van der Waals surface area contributed by atoms with E-state index in [4.69, 9.17) is 9.15 Å². The minimum atomic E-state index is -3.49. The van der Waals surface area contributed by atoms with Gasteiger partial charge in [-0.05, 0) is 49.9 Å². The molecule has 0 saturated heterocycles. The molecular weight excluding hydrogens is 332 g/mol. The highest BCUT2D eigenvalue weighted by Crippen LogP contribution is 2.10. The van der Waals surface area contributed by atoms with Crippen molar-refractivity contribution in [1.29, 1.82) is 0 Å². The van der Waals surface area contributed by atoms with Crippen molar-refractivity contribution in [2.24, 2.45) is 0 Å². The van der Waals surface area contributed by atoms with E-state index in [1.807, 2.05) is 6.07 Å². The number of carbonyl (C=O) groups is 1. The Morgan fingerprint density at radius 1 is 1.21 bits per heavy atom. The van der Waals surface area contributed by atoms with E-state index in [-0.39, 0.29) is 10.8 Å². The summed E-state index contributed by atoms with van der Waals surface area (Å²) in [5.74, 6) is 0.505. The zero-order valence-corrected chi connectivity index (χ0v) is 14.1. The van der Waals surface area contributed by atoms with Crippen LogP contribution in [-0.4, -0.2) is 34.5 Å². The minimum Gasteiger partial charge on any atom is -0.467 e. The van der Waals surface area contributed by atoms with Gasteiger partial charge in [-0.2, -0.15) is 0 Å². The zero-order valence-electron chi connectivity index (χ0n) is 13.3. The Hall–Kier alpha value is -2.16. The lowest BCUT2D eigenvalue weighted by Crippen LogP contribution is -2.25. The minimum absolute atomic E-state index is 0.118. The predicted molar refractivity (Wildman–Crippen MR) is 88.0 cm³/mol. The summed E-state index contributed by atoms with van der Waals surface area (Å²) in [6.45, 7) is 1.37. The average molecular weight is 352 g/mol. The third-order valence-electron chi connectivity index (χ3n) is 3.27. The molecule has 0 fully saturated rings. The van der Waals surface area contributed by atoms with Gasteiger partial charge in [-0.3, -0.25) is 4.79 Å². The van der Waals surface area contributed by atoms with E-state index in [0.717, 1.165) is 5.76 Å². The Bertz CT molecular complexity index is 739. The van der Waals surface area contributed by atoms with Gasteiger partial charge in [-0.1, -0.05) is 0 Å². The smallest absolute Gasteiger partial charge is 0.251 e. The monoisotopic (exact) mass is 352 g/mol.